The van der Waals surface area contributed by atoms with Crippen molar-refractivity contribution in [2.24, 2.45) is 5.92 Å². The molecule has 1 aliphatic rings. The van der Waals surface area contributed by atoms with Crippen LogP contribution in [0.25, 0.3) is 0 Å². The number of benzene rings is 2. The van der Waals surface area contributed by atoms with Gasteiger partial charge in [0.1, 0.15) is 5.92 Å². The maximum Gasteiger partial charge on any atom is 0.314 e. The number of likely N-dealkylation sites (tertiary alicyclic amines) is 1. The van der Waals surface area contributed by atoms with E-state index in [1.54, 1.807) is 35.2 Å². The monoisotopic (exact) mass is 339 g/mol. The van der Waals surface area contributed by atoms with Crippen LogP contribution in [0, 0.1) is 5.92 Å². The first-order valence-corrected chi connectivity index (χ1v) is 8.22. The van der Waals surface area contributed by atoms with Crippen molar-refractivity contribution in [3.63, 3.8) is 0 Å². The summed E-state index contributed by atoms with van der Waals surface area (Å²) in [6, 6.07) is 17.9. The summed E-state index contributed by atoms with van der Waals surface area (Å²) in [6.07, 6.45) is 0. The number of methoxy groups -OCH3 is 1. The Balaban J connectivity index is 2.02. The fourth-order valence-corrected chi connectivity index (χ4v) is 3.43. The summed E-state index contributed by atoms with van der Waals surface area (Å²) in [4.78, 5) is 27.0. The van der Waals surface area contributed by atoms with Crippen LogP contribution < -0.4 is 0 Å². The van der Waals surface area contributed by atoms with Crippen LogP contribution >= 0.6 is 0 Å². The van der Waals surface area contributed by atoms with Crippen molar-refractivity contribution < 1.29 is 19.4 Å². The van der Waals surface area contributed by atoms with E-state index in [1.807, 2.05) is 37.3 Å². The summed E-state index contributed by atoms with van der Waals surface area (Å²) >= 11 is 0. The molecule has 1 fully saturated rings. The van der Waals surface area contributed by atoms with Gasteiger partial charge in [0.15, 0.2) is 5.60 Å². The molecule has 5 nitrogen and oxygen atoms in total. The molecule has 0 unspecified atom stereocenters. The number of esters is 1. The maximum atomic E-state index is 13.1. The molecule has 0 aliphatic carbocycles. The number of ether oxygens (including phenoxy) is 1. The molecule has 0 aromatic heterocycles. The Bertz CT molecular complexity index is 762. The molecule has 1 heterocycles. The van der Waals surface area contributed by atoms with Crippen LogP contribution in [-0.4, -0.2) is 35.5 Å². The molecule has 0 bridgehead atoms. The Kier molecular flexibility index (Phi) is 4.59. The quantitative estimate of drug-likeness (QED) is 0.868. The lowest BCUT2D eigenvalue weighted by Crippen LogP contribution is -2.43. The molecule has 1 amide bonds. The standard InChI is InChI=1S/C20H21NO4/c1-14(15-9-5-3-6-10-15)21-13-17(18(22)25-2)20(24,19(21)23)16-11-7-4-8-12-16/h3-12,14,17,24H,13H2,1-2H3/t14-,17-,20+/m1/s1. The number of hydrogen-bond acceptors (Lipinski definition) is 4. The van der Waals surface area contributed by atoms with E-state index in [-0.39, 0.29) is 12.6 Å². The van der Waals surface area contributed by atoms with Crippen LogP contribution in [0.2, 0.25) is 0 Å². The minimum atomic E-state index is -1.92. The van der Waals surface area contributed by atoms with Crippen molar-refractivity contribution >= 4 is 11.9 Å². The minimum absolute atomic E-state index is 0.104. The van der Waals surface area contributed by atoms with Gasteiger partial charge in [0.25, 0.3) is 5.91 Å². The van der Waals surface area contributed by atoms with E-state index in [0.29, 0.717) is 5.56 Å². The largest absolute Gasteiger partial charge is 0.469 e. The Labute approximate surface area is 146 Å². The van der Waals surface area contributed by atoms with E-state index in [9.17, 15) is 14.7 Å². The number of carbonyl (C=O) groups is 2. The normalized spacial score (nSPS) is 24.2. The summed E-state index contributed by atoms with van der Waals surface area (Å²) in [5, 5.41) is 11.3. The fourth-order valence-electron chi connectivity index (χ4n) is 3.43. The zero-order valence-corrected chi connectivity index (χ0v) is 14.3. The van der Waals surface area contributed by atoms with Crippen LogP contribution in [0.4, 0.5) is 0 Å². The van der Waals surface area contributed by atoms with Gasteiger partial charge in [-0.25, -0.2) is 0 Å². The predicted octanol–water partition coefficient (Wildman–Crippen LogP) is 2.27. The first-order valence-electron chi connectivity index (χ1n) is 8.22. The van der Waals surface area contributed by atoms with Gasteiger partial charge in [-0.3, -0.25) is 9.59 Å². The maximum absolute atomic E-state index is 13.1. The molecule has 1 N–H and O–H groups in total. The van der Waals surface area contributed by atoms with Crippen molar-refractivity contribution in [2.75, 3.05) is 13.7 Å². The van der Waals surface area contributed by atoms with Crippen molar-refractivity contribution in [3.8, 4) is 0 Å². The highest BCUT2D eigenvalue weighted by Gasteiger charge is 2.58. The molecule has 0 spiro atoms. The van der Waals surface area contributed by atoms with E-state index < -0.39 is 23.4 Å². The SMILES string of the molecule is COC(=O)[C@H]1CN([C@H](C)c2ccccc2)C(=O)[C@]1(O)c1ccccc1. The van der Waals surface area contributed by atoms with Gasteiger partial charge in [0, 0.05) is 6.54 Å². The lowest BCUT2D eigenvalue weighted by molar-refractivity contribution is -0.160. The van der Waals surface area contributed by atoms with Crippen LogP contribution in [-0.2, 0) is 19.9 Å². The Hall–Kier alpha value is -2.66. The number of nitrogens with zero attached hydrogens (tertiary/aromatic N) is 1. The highest BCUT2D eigenvalue weighted by molar-refractivity contribution is 5.95. The number of rotatable bonds is 4. The molecule has 5 heteroatoms. The molecule has 3 atom stereocenters. The van der Waals surface area contributed by atoms with E-state index in [4.69, 9.17) is 4.74 Å². The van der Waals surface area contributed by atoms with Crippen molar-refractivity contribution in [1.29, 1.82) is 0 Å². The molecule has 25 heavy (non-hydrogen) atoms. The van der Waals surface area contributed by atoms with Gasteiger partial charge >= 0.3 is 5.97 Å². The molecule has 3 rings (SSSR count). The van der Waals surface area contributed by atoms with E-state index in [2.05, 4.69) is 0 Å². The lowest BCUT2D eigenvalue weighted by Gasteiger charge is -2.28. The van der Waals surface area contributed by atoms with Gasteiger partial charge in [0.2, 0.25) is 0 Å². The van der Waals surface area contributed by atoms with Crippen LogP contribution in [0.5, 0.6) is 0 Å². The predicted molar refractivity (Wildman–Crippen MR) is 92.4 cm³/mol. The first-order chi connectivity index (χ1) is 12.0. The van der Waals surface area contributed by atoms with E-state index in [1.165, 1.54) is 7.11 Å². The highest BCUT2D eigenvalue weighted by Crippen LogP contribution is 2.42. The van der Waals surface area contributed by atoms with Gasteiger partial charge in [-0.05, 0) is 18.1 Å². The molecule has 1 aliphatic heterocycles. The molecular formula is C20H21NO4. The second kappa shape index (κ2) is 6.69. The van der Waals surface area contributed by atoms with Gasteiger partial charge in [-0.2, -0.15) is 0 Å². The number of hydrogen-bond donors (Lipinski definition) is 1. The molecule has 130 valence electrons. The number of carbonyl (C=O) groups excluding carboxylic acids is 2. The van der Waals surface area contributed by atoms with Crippen molar-refractivity contribution in [2.45, 2.75) is 18.6 Å². The second-order valence-electron chi connectivity index (χ2n) is 6.25. The molecule has 1 saturated heterocycles. The number of amides is 1. The van der Waals surface area contributed by atoms with E-state index >= 15 is 0 Å². The van der Waals surface area contributed by atoms with Gasteiger partial charge in [-0.15, -0.1) is 0 Å². The average molecular weight is 339 g/mol. The topological polar surface area (TPSA) is 66.8 Å². The van der Waals surface area contributed by atoms with Gasteiger partial charge in [0.05, 0.1) is 13.2 Å². The van der Waals surface area contributed by atoms with Crippen molar-refractivity contribution in [3.05, 3.63) is 71.8 Å². The second-order valence-corrected chi connectivity index (χ2v) is 6.25. The summed E-state index contributed by atoms with van der Waals surface area (Å²) < 4.78 is 4.86. The molecular weight excluding hydrogens is 318 g/mol. The van der Waals surface area contributed by atoms with Gasteiger partial charge in [-0.1, -0.05) is 60.7 Å². The summed E-state index contributed by atoms with van der Waals surface area (Å²) in [7, 11) is 1.27. The fraction of sp³-hybridized carbons (Fsp3) is 0.300. The minimum Gasteiger partial charge on any atom is -0.469 e. The molecule has 2 aromatic carbocycles. The zero-order chi connectivity index (χ0) is 18.0. The zero-order valence-electron chi connectivity index (χ0n) is 14.3. The smallest absolute Gasteiger partial charge is 0.314 e. The molecule has 0 radical (unpaired) electrons. The summed E-state index contributed by atoms with van der Waals surface area (Å²) in [5.41, 5.74) is -0.577. The Morgan fingerprint density at radius 2 is 1.72 bits per heavy atom. The van der Waals surface area contributed by atoms with Crippen LogP contribution in [0.1, 0.15) is 24.1 Å². The van der Waals surface area contributed by atoms with Gasteiger partial charge < -0.3 is 14.7 Å². The van der Waals surface area contributed by atoms with E-state index in [0.717, 1.165) is 5.56 Å². The third-order valence-electron chi connectivity index (χ3n) is 4.92. The first kappa shape index (κ1) is 17.2. The highest BCUT2D eigenvalue weighted by atomic mass is 16.5. The summed E-state index contributed by atoms with van der Waals surface area (Å²) in [6.45, 7) is 1.99. The van der Waals surface area contributed by atoms with Crippen LogP contribution in [0.15, 0.2) is 60.7 Å². The van der Waals surface area contributed by atoms with Crippen molar-refractivity contribution in [1.82, 2.24) is 4.90 Å². The lowest BCUT2D eigenvalue weighted by atomic mass is 9.83. The number of aliphatic hydroxyl groups is 1. The Morgan fingerprint density at radius 1 is 1.16 bits per heavy atom. The molecule has 0 saturated carbocycles. The van der Waals surface area contributed by atoms with Crippen LogP contribution in [0.3, 0.4) is 0 Å². The third-order valence-corrected chi connectivity index (χ3v) is 4.92. The summed E-state index contributed by atoms with van der Waals surface area (Å²) in [5.74, 6) is -2.05. The third kappa shape index (κ3) is 2.81. The average Bonchev–Trinajstić information content (AvgIpc) is 2.94. The molecule has 2 aromatic rings. The Morgan fingerprint density at radius 3 is 2.28 bits per heavy atom.